The predicted octanol–water partition coefficient (Wildman–Crippen LogP) is 3.91. The largest absolute Gasteiger partial charge is 0.492 e. The summed E-state index contributed by atoms with van der Waals surface area (Å²) < 4.78 is 6.08. The molecule has 2 aliphatic heterocycles. The number of pyridine rings is 1. The van der Waals surface area contributed by atoms with Crippen LogP contribution in [0.15, 0.2) is 67.0 Å². The van der Waals surface area contributed by atoms with Gasteiger partial charge in [-0.1, -0.05) is 36.4 Å². The summed E-state index contributed by atoms with van der Waals surface area (Å²) in [7, 11) is 4.21. The van der Waals surface area contributed by atoms with Crippen LogP contribution >= 0.6 is 0 Å². The van der Waals surface area contributed by atoms with Crippen LogP contribution in [0.5, 0.6) is 5.75 Å². The number of amides is 1. The minimum atomic E-state index is 0.00705. The molecule has 2 aliphatic rings. The first-order valence-electron chi connectivity index (χ1n) is 12.7. The van der Waals surface area contributed by atoms with Gasteiger partial charge in [0.05, 0.1) is 18.7 Å². The molecule has 1 unspecified atom stereocenters. The molecule has 0 spiro atoms. The minimum Gasteiger partial charge on any atom is -0.492 e. The quantitative estimate of drug-likeness (QED) is 0.522. The number of ether oxygens (including phenoxy) is 1. The molecule has 6 heteroatoms. The van der Waals surface area contributed by atoms with Crippen molar-refractivity contribution in [2.75, 3.05) is 46.9 Å². The third-order valence-electron chi connectivity index (χ3n) is 7.51. The van der Waals surface area contributed by atoms with Crippen LogP contribution in [0.1, 0.15) is 18.4 Å². The number of aromatic nitrogens is 1. The molecule has 184 valence electrons. The summed E-state index contributed by atoms with van der Waals surface area (Å²) >= 11 is 0. The average Bonchev–Trinajstić information content (AvgIpc) is 3.38. The average molecular weight is 473 g/mol. The summed E-state index contributed by atoms with van der Waals surface area (Å²) in [6.07, 6.45) is 5.44. The fourth-order valence-electron chi connectivity index (χ4n) is 5.60. The Morgan fingerprint density at radius 1 is 1.06 bits per heavy atom. The Balaban J connectivity index is 1.30. The van der Waals surface area contributed by atoms with Gasteiger partial charge in [-0.25, -0.2) is 0 Å². The highest BCUT2D eigenvalue weighted by molar-refractivity contribution is 5.83. The van der Waals surface area contributed by atoms with Crippen molar-refractivity contribution in [3.05, 3.63) is 72.6 Å². The van der Waals surface area contributed by atoms with Crippen LogP contribution in [0.4, 0.5) is 0 Å². The van der Waals surface area contributed by atoms with Crippen LogP contribution in [0.2, 0.25) is 0 Å². The second kappa shape index (κ2) is 10.8. The van der Waals surface area contributed by atoms with Gasteiger partial charge in [0.15, 0.2) is 0 Å². The van der Waals surface area contributed by atoms with Gasteiger partial charge in [-0.15, -0.1) is 0 Å². The number of rotatable bonds is 7. The normalized spacial score (nSPS) is 23.2. The molecule has 0 bridgehead atoms. The van der Waals surface area contributed by atoms with Crippen molar-refractivity contribution >= 4 is 16.7 Å². The van der Waals surface area contributed by atoms with E-state index in [-0.39, 0.29) is 5.92 Å². The maximum atomic E-state index is 13.6. The van der Waals surface area contributed by atoms with Gasteiger partial charge < -0.3 is 14.5 Å². The van der Waals surface area contributed by atoms with Crippen molar-refractivity contribution in [2.24, 2.45) is 11.8 Å². The molecule has 5 rings (SSSR count). The van der Waals surface area contributed by atoms with Gasteiger partial charge in [0.25, 0.3) is 0 Å². The number of fused-ring (bicyclic) bond motifs is 1. The highest BCUT2D eigenvalue weighted by Crippen LogP contribution is 2.28. The van der Waals surface area contributed by atoms with E-state index in [4.69, 9.17) is 4.74 Å². The number of nitrogens with zero attached hydrogens (tertiary/aromatic N) is 4. The van der Waals surface area contributed by atoms with E-state index < -0.39 is 0 Å². The smallest absolute Gasteiger partial charge is 0.227 e. The van der Waals surface area contributed by atoms with Gasteiger partial charge in [0.1, 0.15) is 5.75 Å². The third-order valence-corrected chi connectivity index (χ3v) is 7.51. The second-order valence-electron chi connectivity index (χ2n) is 10.4. The third kappa shape index (κ3) is 5.82. The van der Waals surface area contributed by atoms with Crippen LogP contribution < -0.4 is 4.74 Å². The van der Waals surface area contributed by atoms with Gasteiger partial charge in [0.2, 0.25) is 5.91 Å². The van der Waals surface area contributed by atoms with Crippen molar-refractivity contribution in [3.63, 3.8) is 0 Å². The SMILES string of the molecule is CN(C)C1CCN(C(=O)[C@@H]2C[C@H](COc3cccnc3)CN(Cc3ccc4ccccc4c3)C2)C1. The topological polar surface area (TPSA) is 48.9 Å². The van der Waals surface area contributed by atoms with Crippen LogP contribution in [-0.2, 0) is 11.3 Å². The van der Waals surface area contributed by atoms with E-state index in [0.717, 1.165) is 51.3 Å². The van der Waals surface area contributed by atoms with Gasteiger partial charge >= 0.3 is 0 Å². The summed E-state index contributed by atoms with van der Waals surface area (Å²) in [6, 6.07) is 19.5. The molecule has 6 nitrogen and oxygen atoms in total. The molecule has 3 aromatic rings. The number of likely N-dealkylation sites (N-methyl/N-ethyl adjacent to an activating group) is 1. The van der Waals surface area contributed by atoms with Gasteiger partial charge in [-0.05, 0) is 61.5 Å². The van der Waals surface area contributed by atoms with E-state index >= 15 is 0 Å². The van der Waals surface area contributed by atoms with Crippen LogP contribution in [0.3, 0.4) is 0 Å². The lowest BCUT2D eigenvalue weighted by Gasteiger charge is -2.38. The molecule has 2 fully saturated rings. The molecule has 2 saturated heterocycles. The second-order valence-corrected chi connectivity index (χ2v) is 10.4. The first kappa shape index (κ1) is 23.8. The highest BCUT2D eigenvalue weighted by Gasteiger charge is 2.37. The number of hydrogen-bond acceptors (Lipinski definition) is 5. The number of hydrogen-bond donors (Lipinski definition) is 0. The van der Waals surface area contributed by atoms with Crippen LogP contribution in [-0.4, -0.2) is 78.5 Å². The molecule has 35 heavy (non-hydrogen) atoms. The highest BCUT2D eigenvalue weighted by atomic mass is 16.5. The van der Waals surface area contributed by atoms with E-state index in [1.807, 2.05) is 12.1 Å². The fourth-order valence-corrected chi connectivity index (χ4v) is 5.60. The van der Waals surface area contributed by atoms with E-state index in [9.17, 15) is 4.79 Å². The number of benzene rings is 2. The summed E-state index contributed by atoms with van der Waals surface area (Å²) in [6.45, 7) is 4.88. The monoisotopic (exact) mass is 472 g/mol. The lowest BCUT2D eigenvalue weighted by Crippen LogP contribution is -2.48. The number of piperidine rings is 1. The molecule has 1 aromatic heterocycles. The fraction of sp³-hybridized carbons (Fsp3) is 0.448. The van der Waals surface area contributed by atoms with Crippen molar-refractivity contribution in [1.29, 1.82) is 0 Å². The molecule has 3 heterocycles. The number of carbonyl (C=O) groups is 1. The Morgan fingerprint density at radius 3 is 2.69 bits per heavy atom. The Kier molecular flexibility index (Phi) is 7.30. The number of carbonyl (C=O) groups excluding carboxylic acids is 1. The van der Waals surface area contributed by atoms with Crippen molar-refractivity contribution in [1.82, 2.24) is 19.7 Å². The summed E-state index contributed by atoms with van der Waals surface area (Å²) in [5.74, 6) is 1.40. The van der Waals surface area contributed by atoms with Crippen molar-refractivity contribution in [2.45, 2.75) is 25.4 Å². The zero-order chi connectivity index (χ0) is 24.2. The zero-order valence-electron chi connectivity index (χ0n) is 20.8. The summed E-state index contributed by atoms with van der Waals surface area (Å²) in [4.78, 5) is 24.5. The van der Waals surface area contributed by atoms with Crippen molar-refractivity contribution < 1.29 is 9.53 Å². The van der Waals surface area contributed by atoms with E-state index in [0.29, 0.717) is 24.5 Å². The van der Waals surface area contributed by atoms with E-state index in [1.54, 1.807) is 12.4 Å². The molecule has 3 atom stereocenters. The molecule has 1 amide bonds. The van der Waals surface area contributed by atoms with Crippen LogP contribution in [0.25, 0.3) is 10.8 Å². The van der Waals surface area contributed by atoms with Crippen molar-refractivity contribution in [3.8, 4) is 5.75 Å². The minimum absolute atomic E-state index is 0.00705. The molecular formula is C29H36N4O2. The van der Waals surface area contributed by atoms with Gasteiger partial charge in [-0.3, -0.25) is 14.7 Å². The summed E-state index contributed by atoms with van der Waals surface area (Å²) in [5, 5.41) is 2.52. The maximum absolute atomic E-state index is 13.6. The van der Waals surface area contributed by atoms with E-state index in [1.165, 1.54) is 16.3 Å². The molecule has 2 aromatic carbocycles. The lowest BCUT2D eigenvalue weighted by atomic mass is 9.88. The maximum Gasteiger partial charge on any atom is 0.227 e. The Morgan fingerprint density at radius 2 is 1.91 bits per heavy atom. The Bertz CT molecular complexity index is 1140. The lowest BCUT2D eigenvalue weighted by molar-refractivity contribution is -0.137. The molecule has 0 aliphatic carbocycles. The van der Waals surface area contributed by atoms with Gasteiger partial charge in [-0.2, -0.15) is 0 Å². The number of likely N-dealkylation sites (tertiary alicyclic amines) is 2. The predicted molar refractivity (Wildman–Crippen MR) is 139 cm³/mol. The first-order valence-corrected chi connectivity index (χ1v) is 12.7. The zero-order valence-corrected chi connectivity index (χ0v) is 20.8. The Labute approximate surface area is 208 Å². The first-order chi connectivity index (χ1) is 17.0. The van der Waals surface area contributed by atoms with E-state index in [2.05, 4.69) is 76.2 Å². The van der Waals surface area contributed by atoms with Gasteiger partial charge in [0, 0.05) is 50.9 Å². The molecule has 0 radical (unpaired) electrons. The molecular weight excluding hydrogens is 436 g/mol. The summed E-state index contributed by atoms with van der Waals surface area (Å²) in [5.41, 5.74) is 1.29. The Hall–Kier alpha value is -2.96. The standard InChI is InChI=1S/C29H36N4O2/c1-31(2)27-11-13-33(20-27)29(34)26-15-23(21-35-28-8-5-12-30-16-28)18-32(19-26)17-22-9-10-24-6-3-4-7-25(24)14-22/h3-10,12,14,16,23,26-27H,11,13,15,17-21H2,1-2H3/t23-,26+,27?/m0/s1. The molecule has 0 saturated carbocycles. The molecule has 0 N–H and O–H groups in total. The van der Waals surface area contributed by atoms with Crippen LogP contribution in [0, 0.1) is 11.8 Å².